The van der Waals surface area contributed by atoms with Gasteiger partial charge in [0.1, 0.15) is 5.75 Å². The Bertz CT molecular complexity index is 803. The molecule has 7 nitrogen and oxygen atoms in total. The van der Waals surface area contributed by atoms with Crippen LogP contribution in [0.1, 0.15) is 19.2 Å². The highest BCUT2D eigenvalue weighted by Crippen LogP contribution is 2.29. The third-order valence-electron chi connectivity index (χ3n) is 4.27. The van der Waals surface area contributed by atoms with Gasteiger partial charge in [0.2, 0.25) is 5.89 Å². The summed E-state index contributed by atoms with van der Waals surface area (Å²) in [7, 11) is -1.32. The van der Waals surface area contributed by atoms with Gasteiger partial charge >= 0.3 is 0 Å². The highest BCUT2D eigenvalue weighted by molar-refractivity contribution is 7.91. The van der Waals surface area contributed by atoms with Crippen LogP contribution in [0, 0.1) is 0 Å². The Morgan fingerprint density at radius 2 is 2.12 bits per heavy atom. The summed E-state index contributed by atoms with van der Waals surface area (Å²) in [6.07, 6.45) is 0.656. The molecular formula is C16H21N3O4S. The van der Waals surface area contributed by atoms with Gasteiger partial charge in [-0.15, -0.1) is 10.2 Å². The number of para-hydroxylation sites is 1. The number of aromatic nitrogens is 2. The molecule has 0 spiro atoms. The van der Waals surface area contributed by atoms with E-state index in [4.69, 9.17) is 9.15 Å². The molecular weight excluding hydrogens is 330 g/mol. The van der Waals surface area contributed by atoms with Gasteiger partial charge in [0, 0.05) is 6.04 Å². The van der Waals surface area contributed by atoms with Gasteiger partial charge in [0.05, 0.1) is 30.7 Å². The summed E-state index contributed by atoms with van der Waals surface area (Å²) in [5.41, 5.74) is 0.741. The van der Waals surface area contributed by atoms with Crippen LogP contribution in [0.3, 0.4) is 0 Å². The fraction of sp³-hybridized carbons (Fsp3) is 0.500. The molecule has 0 aliphatic carbocycles. The SMILES string of the molecule is CCN(Cc1nnc(-c2ccccc2OC)o1)C1CCS(=O)(=O)C1. The molecule has 1 aliphatic rings. The van der Waals surface area contributed by atoms with Crippen LogP contribution >= 0.6 is 0 Å². The molecule has 1 saturated heterocycles. The molecule has 1 fully saturated rings. The number of sulfone groups is 1. The van der Waals surface area contributed by atoms with E-state index < -0.39 is 9.84 Å². The second kappa shape index (κ2) is 6.90. The van der Waals surface area contributed by atoms with E-state index in [1.54, 1.807) is 7.11 Å². The van der Waals surface area contributed by atoms with Crippen molar-refractivity contribution in [2.45, 2.75) is 25.9 Å². The average Bonchev–Trinajstić information content (AvgIpc) is 3.18. The Labute approximate surface area is 141 Å². The minimum Gasteiger partial charge on any atom is -0.496 e. The first-order valence-corrected chi connectivity index (χ1v) is 9.75. The van der Waals surface area contributed by atoms with E-state index >= 15 is 0 Å². The molecule has 3 rings (SSSR count). The summed E-state index contributed by atoms with van der Waals surface area (Å²) in [6.45, 7) is 3.17. The fourth-order valence-electron chi connectivity index (χ4n) is 2.98. The monoisotopic (exact) mass is 351 g/mol. The zero-order valence-electron chi connectivity index (χ0n) is 13.8. The highest BCUT2D eigenvalue weighted by Gasteiger charge is 2.32. The van der Waals surface area contributed by atoms with E-state index in [0.717, 1.165) is 12.1 Å². The topological polar surface area (TPSA) is 85.5 Å². The molecule has 0 bridgehead atoms. The van der Waals surface area contributed by atoms with Crippen molar-refractivity contribution in [3.63, 3.8) is 0 Å². The standard InChI is InChI=1S/C16H21N3O4S/c1-3-19(12-8-9-24(20,21)11-12)10-15-17-18-16(23-15)13-6-4-5-7-14(13)22-2/h4-7,12H,3,8-11H2,1-2H3. The second-order valence-electron chi connectivity index (χ2n) is 5.82. The average molecular weight is 351 g/mol. The van der Waals surface area contributed by atoms with Crippen LogP contribution in [0.5, 0.6) is 5.75 Å². The lowest BCUT2D eigenvalue weighted by Gasteiger charge is -2.24. The molecule has 1 unspecified atom stereocenters. The summed E-state index contributed by atoms with van der Waals surface area (Å²) in [5, 5.41) is 8.20. The zero-order chi connectivity index (χ0) is 17.2. The summed E-state index contributed by atoms with van der Waals surface area (Å²) in [4.78, 5) is 2.07. The summed E-state index contributed by atoms with van der Waals surface area (Å²) in [6, 6.07) is 7.46. The Morgan fingerprint density at radius 1 is 1.33 bits per heavy atom. The molecule has 1 atom stereocenters. The number of rotatable bonds is 6. The first-order chi connectivity index (χ1) is 11.5. The van der Waals surface area contributed by atoms with E-state index in [1.165, 1.54) is 0 Å². The maximum Gasteiger partial charge on any atom is 0.251 e. The lowest BCUT2D eigenvalue weighted by atomic mass is 10.2. The Balaban J connectivity index is 1.76. The Morgan fingerprint density at radius 3 is 2.79 bits per heavy atom. The van der Waals surface area contributed by atoms with Crippen molar-refractivity contribution in [3.05, 3.63) is 30.2 Å². The van der Waals surface area contributed by atoms with E-state index in [2.05, 4.69) is 15.1 Å². The smallest absolute Gasteiger partial charge is 0.251 e. The summed E-state index contributed by atoms with van der Waals surface area (Å²) >= 11 is 0. The normalized spacial score (nSPS) is 19.7. The molecule has 0 radical (unpaired) electrons. The van der Waals surface area contributed by atoms with Crippen molar-refractivity contribution in [3.8, 4) is 17.2 Å². The van der Waals surface area contributed by atoms with Gasteiger partial charge in [0.25, 0.3) is 5.89 Å². The van der Waals surface area contributed by atoms with Gasteiger partial charge in [-0.2, -0.15) is 0 Å². The summed E-state index contributed by atoms with van der Waals surface area (Å²) in [5.74, 6) is 2.00. The van der Waals surface area contributed by atoms with Gasteiger partial charge in [0.15, 0.2) is 9.84 Å². The third-order valence-corrected chi connectivity index (χ3v) is 6.02. The van der Waals surface area contributed by atoms with E-state index in [-0.39, 0.29) is 17.5 Å². The summed E-state index contributed by atoms with van der Waals surface area (Å²) < 4.78 is 34.4. The van der Waals surface area contributed by atoms with Gasteiger partial charge in [-0.3, -0.25) is 4.90 Å². The number of hydrogen-bond acceptors (Lipinski definition) is 7. The van der Waals surface area contributed by atoms with Gasteiger partial charge < -0.3 is 9.15 Å². The zero-order valence-corrected chi connectivity index (χ0v) is 14.6. The van der Waals surface area contributed by atoms with E-state index in [1.807, 2.05) is 31.2 Å². The molecule has 2 heterocycles. The molecule has 24 heavy (non-hydrogen) atoms. The molecule has 0 saturated carbocycles. The molecule has 1 aliphatic heterocycles. The molecule has 130 valence electrons. The highest BCUT2D eigenvalue weighted by atomic mass is 32.2. The van der Waals surface area contributed by atoms with E-state index in [9.17, 15) is 8.42 Å². The molecule has 0 amide bonds. The first-order valence-electron chi connectivity index (χ1n) is 7.92. The van der Waals surface area contributed by atoms with Crippen molar-refractivity contribution < 1.29 is 17.6 Å². The minimum absolute atomic E-state index is 0.0154. The molecule has 0 N–H and O–H groups in total. The van der Waals surface area contributed by atoms with Crippen molar-refractivity contribution >= 4 is 9.84 Å². The maximum absolute atomic E-state index is 11.7. The van der Waals surface area contributed by atoms with Gasteiger partial charge in [-0.05, 0) is 25.1 Å². The predicted octanol–water partition coefficient (Wildman–Crippen LogP) is 1.75. The molecule has 1 aromatic carbocycles. The van der Waals surface area contributed by atoms with Gasteiger partial charge in [-0.1, -0.05) is 19.1 Å². The quantitative estimate of drug-likeness (QED) is 0.784. The fourth-order valence-corrected chi connectivity index (χ4v) is 4.75. The lowest BCUT2D eigenvalue weighted by Crippen LogP contribution is -2.35. The van der Waals surface area contributed by atoms with Crippen LogP contribution in [-0.2, 0) is 16.4 Å². The lowest BCUT2D eigenvalue weighted by molar-refractivity contribution is 0.195. The van der Waals surface area contributed by atoms with Crippen LogP contribution in [0.2, 0.25) is 0 Å². The number of hydrogen-bond donors (Lipinski definition) is 0. The number of benzene rings is 1. The Hall–Kier alpha value is -1.93. The van der Waals surface area contributed by atoms with Crippen molar-refractivity contribution in [2.24, 2.45) is 0 Å². The second-order valence-corrected chi connectivity index (χ2v) is 8.05. The van der Waals surface area contributed by atoms with E-state index in [0.29, 0.717) is 30.5 Å². The van der Waals surface area contributed by atoms with Crippen LogP contribution in [0.25, 0.3) is 11.5 Å². The molecule has 2 aromatic rings. The van der Waals surface area contributed by atoms with Crippen molar-refractivity contribution in [1.29, 1.82) is 0 Å². The first kappa shape index (κ1) is 16.9. The minimum atomic E-state index is -2.91. The van der Waals surface area contributed by atoms with Crippen LogP contribution in [0.4, 0.5) is 0 Å². The number of ether oxygens (including phenoxy) is 1. The number of methoxy groups -OCH3 is 1. The van der Waals surface area contributed by atoms with Crippen LogP contribution in [0.15, 0.2) is 28.7 Å². The number of nitrogens with zero attached hydrogens (tertiary/aromatic N) is 3. The predicted molar refractivity (Wildman–Crippen MR) is 89.4 cm³/mol. The van der Waals surface area contributed by atoms with Crippen LogP contribution in [-0.4, -0.2) is 54.7 Å². The third kappa shape index (κ3) is 3.59. The molecule has 1 aromatic heterocycles. The van der Waals surface area contributed by atoms with Gasteiger partial charge in [-0.25, -0.2) is 8.42 Å². The Kier molecular flexibility index (Phi) is 4.86. The van der Waals surface area contributed by atoms with Crippen molar-refractivity contribution in [2.75, 3.05) is 25.2 Å². The maximum atomic E-state index is 11.7. The molecule has 8 heteroatoms. The van der Waals surface area contributed by atoms with Crippen molar-refractivity contribution in [1.82, 2.24) is 15.1 Å². The van der Waals surface area contributed by atoms with Crippen LogP contribution < -0.4 is 4.74 Å². The largest absolute Gasteiger partial charge is 0.496 e.